The number of ether oxygens (including phenoxy) is 1. The van der Waals surface area contributed by atoms with Gasteiger partial charge < -0.3 is 9.64 Å². The van der Waals surface area contributed by atoms with Crippen LogP contribution in [0.3, 0.4) is 0 Å². The Morgan fingerprint density at radius 3 is 2.32 bits per heavy atom. The minimum Gasteiger partial charge on any atom is -0.468 e. The maximum atomic E-state index is 13.9. The van der Waals surface area contributed by atoms with Crippen molar-refractivity contribution in [2.24, 2.45) is 10.8 Å². The van der Waals surface area contributed by atoms with Crippen LogP contribution in [0, 0.1) is 22.2 Å². The third-order valence-corrected chi connectivity index (χ3v) is 6.42. The highest BCUT2D eigenvalue weighted by Crippen LogP contribution is 2.56. The van der Waals surface area contributed by atoms with E-state index in [0.717, 1.165) is 16.8 Å². The predicted octanol–water partition coefficient (Wildman–Crippen LogP) is 4.35. The van der Waals surface area contributed by atoms with Crippen LogP contribution in [0.15, 0.2) is 60.7 Å². The largest absolute Gasteiger partial charge is 0.468 e. The van der Waals surface area contributed by atoms with E-state index in [0.29, 0.717) is 0 Å². The van der Waals surface area contributed by atoms with Crippen LogP contribution in [-0.2, 0) is 14.3 Å². The molecule has 0 radical (unpaired) electrons. The third-order valence-electron chi connectivity index (χ3n) is 6.42. The summed E-state index contributed by atoms with van der Waals surface area (Å²) >= 11 is 0. The average molecular weight is 415 g/mol. The molecule has 0 amide bonds. The number of esters is 1. The number of anilines is 1. The van der Waals surface area contributed by atoms with Crippen molar-refractivity contribution in [2.75, 3.05) is 12.0 Å². The monoisotopic (exact) mass is 414 g/mol. The lowest BCUT2D eigenvalue weighted by atomic mass is 9.67. The van der Waals surface area contributed by atoms with Crippen molar-refractivity contribution in [2.45, 2.75) is 38.8 Å². The highest BCUT2D eigenvalue weighted by molar-refractivity contribution is 5.99. The van der Waals surface area contributed by atoms with Crippen LogP contribution in [-0.4, -0.2) is 30.9 Å². The number of ketones is 1. The second-order valence-corrected chi connectivity index (χ2v) is 9.19. The van der Waals surface area contributed by atoms with E-state index in [1.165, 1.54) is 7.11 Å². The summed E-state index contributed by atoms with van der Waals surface area (Å²) in [4.78, 5) is 29.2. The fourth-order valence-corrected chi connectivity index (χ4v) is 5.01. The van der Waals surface area contributed by atoms with Crippen LogP contribution in [0.5, 0.6) is 0 Å². The third kappa shape index (κ3) is 2.97. The molecule has 5 nitrogen and oxygen atoms in total. The molecule has 2 aromatic rings. The van der Waals surface area contributed by atoms with Crippen molar-refractivity contribution in [1.82, 2.24) is 0 Å². The molecule has 1 saturated heterocycles. The van der Waals surface area contributed by atoms with Crippen molar-refractivity contribution in [3.63, 3.8) is 0 Å². The molecule has 0 spiro atoms. The van der Waals surface area contributed by atoms with Crippen LogP contribution < -0.4 is 4.90 Å². The molecular weight excluding hydrogens is 388 g/mol. The Kier molecular flexibility index (Phi) is 4.97. The van der Waals surface area contributed by atoms with Gasteiger partial charge in [0.2, 0.25) is 0 Å². The highest BCUT2D eigenvalue weighted by Gasteiger charge is 2.67. The number of fused-ring (bicyclic) bond motifs is 3. The van der Waals surface area contributed by atoms with Crippen LogP contribution >= 0.6 is 0 Å². The second kappa shape index (κ2) is 7.39. The number of hydrogen-bond acceptors (Lipinski definition) is 5. The number of nitrogens with zero attached hydrogens (tertiary/aromatic N) is 2. The molecule has 0 aliphatic carbocycles. The molecule has 4 atom stereocenters. The molecule has 1 fully saturated rings. The number of hydrogen-bond donors (Lipinski definition) is 0. The lowest BCUT2D eigenvalue weighted by Crippen LogP contribution is -2.48. The summed E-state index contributed by atoms with van der Waals surface area (Å²) in [5.41, 5.74) is 0.346. The van der Waals surface area contributed by atoms with Gasteiger partial charge in [0, 0.05) is 17.0 Å². The first kappa shape index (κ1) is 20.9. The maximum Gasteiger partial charge on any atom is 0.329 e. The van der Waals surface area contributed by atoms with Crippen molar-refractivity contribution in [3.05, 3.63) is 71.8 Å². The first-order valence-corrected chi connectivity index (χ1v) is 10.4. The van der Waals surface area contributed by atoms with Crippen molar-refractivity contribution < 1.29 is 14.3 Å². The van der Waals surface area contributed by atoms with Gasteiger partial charge in [0.25, 0.3) is 0 Å². The first-order chi connectivity index (χ1) is 14.8. The Morgan fingerprint density at radius 2 is 1.71 bits per heavy atom. The zero-order valence-electron chi connectivity index (χ0n) is 18.2. The Bertz CT molecular complexity index is 1090. The summed E-state index contributed by atoms with van der Waals surface area (Å²) in [7, 11) is 1.30. The molecule has 158 valence electrons. The predicted molar refractivity (Wildman–Crippen MR) is 119 cm³/mol. The van der Waals surface area contributed by atoms with E-state index in [1.807, 2.05) is 92.4 Å². The summed E-state index contributed by atoms with van der Waals surface area (Å²) < 4.78 is 5.20. The number of methoxy groups -OCH3 is 1. The molecule has 4 rings (SSSR count). The summed E-state index contributed by atoms with van der Waals surface area (Å²) in [5.74, 6) is -1.32. The first-order valence-electron chi connectivity index (χ1n) is 10.4. The molecular formula is C26H26N2O3. The molecule has 0 aromatic heterocycles. The quantitative estimate of drug-likeness (QED) is 0.698. The van der Waals surface area contributed by atoms with Gasteiger partial charge in [0.1, 0.15) is 0 Å². The summed E-state index contributed by atoms with van der Waals surface area (Å²) in [6.45, 7) is 5.63. The minimum atomic E-state index is -1.56. The Labute approximate surface area is 182 Å². The minimum absolute atomic E-state index is 0.0162. The van der Waals surface area contributed by atoms with Crippen molar-refractivity contribution >= 4 is 23.5 Å². The summed E-state index contributed by atoms with van der Waals surface area (Å²) in [6, 6.07) is 18.2. The molecule has 2 aliphatic rings. The number of carbonyl (C=O) groups excluding carboxylic acids is 2. The Balaban J connectivity index is 2.06. The van der Waals surface area contributed by atoms with Gasteiger partial charge in [-0.25, -0.2) is 0 Å². The van der Waals surface area contributed by atoms with Crippen molar-refractivity contribution in [1.29, 1.82) is 5.26 Å². The highest BCUT2D eigenvalue weighted by atomic mass is 16.5. The van der Waals surface area contributed by atoms with Crippen molar-refractivity contribution in [3.8, 4) is 6.07 Å². The standard InChI is InChI=1S/C26H26N2O3/c1-25(2,3)23(29)22-21(18-11-6-5-7-12-18)26(16-27,24(30)31-4)20-15-14-17-10-8-9-13-19(17)28(20)22/h5-15,20-22H,1-4H3/t20-,21-,22+,26-/m1/s1. The fraction of sp³-hybridized carbons (Fsp3) is 0.346. The molecule has 2 aliphatic heterocycles. The zero-order chi connectivity index (χ0) is 22.4. The van der Waals surface area contributed by atoms with Gasteiger partial charge in [-0.1, -0.05) is 81.5 Å². The van der Waals surface area contributed by atoms with Gasteiger partial charge in [-0.3, -0.25) is 9.59 Å². The molecule has 0 bridgehead atoms. The number of benzene rings is 2. The van der Waals surface area contributed by atoms with Gasteiger partial charge in [-0.05, 0) is 17.2 Å². The molecule has 0 saturated carbocycles. The molecule has 5 heteroatoms. The van der Waals surface area contributed by atoms with E-state index in [4.69, 9.17) is 4.74 Å². The lowest BCUT2D eigenvalue weighted by Gasteiger charge is -2.37. The number of nitriles is 1. The average Bonchev–Trinajstić information content (AvgIpc) is 3.09. The van der Waals surface area contributed by atoms with E-state index in [-0.39, 0.29) is 5.78 Å². The fourth-order valence-electron chi connectivity index (χ4n) is 5.01. The summed E-state index contributed by atoms with van der Waals surface area (Å²) in [6.07, 6.45) is 3.80. The van der Waals surface area contributed by atoms with Gasteiger partial charge in [-0.15, -0.1) is 0 Å². The Hall–Kier alpha value is -3.39. The van der Waals surface area contributed by atoms with Gasteiger partial charge in [-0.2, -0.15) is 5.26 Å². The van der Waals surface area contributed by atoms with E-state index in [2.05, 4.69) is 6.07 Å². The van der Waals surface area contributed by atoms with Crippen LogP contribution in [0.25, 0.3) is 6.08 Å². The normalized spacial score (nSPS) is 26.5. The number of para-hydroxylation sites is 1. The molecule has 2 heterocycles. The van der Waals surface area contributed by atoms with Crippen LogP contribution in [0.4, 0.5) is 5.69 Å². The number of Topliss-reactive ketones (excluding diaryl/α,β-unsaturated/α-hetero) is 1. The van der Waals surface area contributed by atoms with E-state index in [9.17, 15) is 14.9 Å². The molecule has 2 aromatic carbocycles. The number of carbonyl (C=O) groups is 2. The van der Waals surface area contributed by atoms with Crippen LogP contribution in [0.2, 0.25) is 0 Å². The molecule has 31 heavy (non-hydrogen) atoms. The van der Waals surface area contributed by atoms with E-state index in [1.54, 1.807) is 0 Å². The van der Waals surface area contributed by atoms with E-state index >= 15 is 0 Å². The lowest BCUT2D eigenvalue weighted by molar-refractivity contribution is -0.150. The van der Waals surface area contributed by atoms with Crippen LogP contribution in [0.1, 0.15) is 37.8 Å². The topological polar surface area (TPSA) is 70.4 Å². The number of rotatable bonds is 3. The SMILES string of the molecule is COC(=O)[C@@]1(C#N)[C@H](c2ccccc2)[C@@H](C(=O)C(C)(C)C)N2c3ccccc3C=C[C@@H]21. The smallest absolute Gasteiger partial charge is 0.329 e. The van der Waals surface area contributed by atoms with Gasteiger partial charge >= 0.3 is 5.97 Å². The Morgan fingerprint density at radius 1 is 1.06 bits per heavy atom. The van der Waals surface area contributed by atoms with Gasteiger partial charge in [0.05, 0.1) is 25.3 Å². The second-order valence-electron chi connectivity index (χ2n) is 9.19. The molecule has 0 unspecified atom stereocenters. The zero-order valence-corrected chi connectivity index (χ0v) is 18.2. The molecule has 0 N–H and O–H groups in total. The van der Waals surface area contributed by atoms with Gasteiger partial charge in [0.15, 0.2) is 11.2 Å². The maximum absolute atomic E-state index is 13.9. The van der Waals surface area contributed by atoms with E-state index < -0.39 is 34.8 Å². The summed E-state index contributed by atoms with van der Waals surface area (Å²) in [5, 5.41) is 10.5.